The van der Waals surface area contributed by atoms with E-state index < -0.39 is 0 Å². The number of nitrogens with zero attached hydrogens (tertiary/aromatic N) is 5. The fraction of sp³-hybridized carbons (Fsp3) is 0.609. The van der Waals surface area contributed by atoms with E-state index in [2.05, 4.69) is 38.9 Å². The number of amides is 1. The number of aromatic amines is 1. The van der Waals surface area contributed by atoms with Crippen LogP contribution in [0.5, 0.6) is 0 Å². The van der Waals surface area contributed by atoms with E-state index in [-0.39, 0.29) is 11.9 Å². The number of aromatic nitrogens is 5. The van der Waals surface area contributed by atoms with Gasteiger partial charge in [0, 0.05) is 26.1 Å². The summed E-state index contributed by atoms with van der Waals surface area (Å²) >= 11 is 0. The van der Waals surface area contributed by atoms with Crippen molar-refractivity contribution in [3.05, 3.63) is 35.5 Å². The Morgan fingerprint density at radius 3 is 2.74 bits per heavy atom. The third-order valence-electron chi connectivity index (χ3n) is 5.54. The Balaban J connectivity index is 1.50. The minimum Gasteiger partial charge on any atom is -0.342 e. The fourth-order valence-corrected chi connectivity index (χ4v) is 3.81. The third kappa shape index (κ3) is 5.89. The lowest BCUT2D eigenvalue weighted by Crippen LogP contribution is -2.32. The second-order valence-corrected chi connectivity index (χ2v) is 8.59. The Morgan fingerprint density at radius 2 is 2.03 bits per heavy atom. The number of rotatable bonds is 11. The quantitative estimate of drug-likeness (QED) is 0.451. The highest BCUT2D eigenvalue weighted by atomic mass is 16.5. The topological polar surface area (TPSA) is 101 Å². The van der Waals surface area contributed by atoms with Gasteiger partial charge in [0.15, 0.2) is 5.82 Å². The van der Waals surface area contributed by atoms with Crippen molar-refractivity contribution in [1.82, 2.24) is 30.0 Å². The van der Waals surface area contributed by atoms with Crippen molar-refractivity contribution >= 4 is 16.9 Å². The predicted octanol–water partition coefficient (Wildman–Crippen LogP) is 4.56. The molecule has 0 fully saturated rings. The molecule has 8 heteroatoms. The lowest BCUT2D eigenvalue weighted by molar-refractivity contribution is -0.133. The maximum absolute atomic E-state index is 12.8. The van der Waals surface area contributed by atoms with Crippen molar-refractivity contribution in [2.45, 2.75) is 78.7 Å². The van der Waals surface area contributed by atoms with Crippen LogP contribution in [0, 0.1) is 12.8 Å². The molecule has 0 saturated carbocycles. The molecule has 3 aromatic rings. The Kier molecular flexibility index (Phi) is 7.76. The van der Waals surface area contributed by atoms with Gasteiger partial charge >= 0.3 is 0 Å². The van der Waals surface area contributed by atoms with Gasteiger partial charge < -0.3 is 14.4 Å². The van der Waals surface area contributed by atoms with Gasteiger partial charge in [-0.3, -0.25) is 9.78 Å². The van der Waals surface area contributed by atoms with Crippen LogP contribution in [0.3, 0.4) is 0 Å². The average Bonchev–Trinajstić information content (AvgIpc) is 3.37. The molecule has 0 aromatic carbocycles. The number of pyridine rings is 1. The number of carbonyl (C=O) groups excluding carboxylic acids is 1. The van der Waals surface area contributed by atoms with Gasteiger partial charge in [0.05, 0.1) is 11.2 Å². The standard InChI is InChI=1S/C23H34N6O2/c1-6-20-27-23(31-28-20)19(14-15(2)3)29(5)21(30)11-9-7-8-10-17-22-18(12-13-24-17)25-16(4)26-22/h12-13,15,19H,6-11,14H2,1-5H3,(H,25,26). The van der Waals surface area contributed by atoms with E-state index in [1.165, 1.54) is 0 Å². The molecule has 0 spiro atoms. The molecule has 8 nitrogen and oxygen atoms in total. The van der Waals surface area contributed by atoms with Gasteiger partial charge in [-0.15, -0.1) is 0 Å². The fourth-order valence-electron chi connectivity index (χ4n) is 3.81. The first-order valence-electron chi connectivity index (χ1n) is 11.3. The molecule has 1 amide bonds. The van der Waals surface area contributed by atoms with E-state index >= 15 is 0 Å². The van der Waals surface area contributed by atoms with Gasteiger partial charge in [-0.25, -0.2) is 4.98 Å². The van der Waals surface area contributed by atoms with E-state index in [1.54, 1.807) is 4.90 Å². The molecule has 3 heterocycles. The van der Waals surface area contributed by atoms with Crippen LogP contribution in [0.15, 0.2) is 16.8 Å². The molecule has 1 unspecified atom stereocenters. The molecule has 0 aliphatic carbocycles. The van der Waals surface area contributed by atoms with Gasteiger partial charge in [0.1, 0.15) is 17.4 Å². The van der Waals surface area contributed by atoms with E-state index in [0.29, 0.717) is 24.1 Å². The predicted molar refractivity (Wildman–Crippen MR) is 119 cm³/mol. The van der Waals surface area contributed by atoms with Crippen molar-refractivity contribution in [2.24, 2.45) is 5.92 Å². The highest BCUT2D eigenvalue weighted by Gasteiger charge is 2.27. The summed E-state index contributed by atoms with van der Waals surface area (Å²) in [5, 5.41) is 4.01. The maximum Gasteiger partial charge on any atom is 0.249 e. The first-order chi connectivity index (χ1) is 14.9. The monoisotopic (exact) mass is 426 g/mol. The summed E-state index contributed by atoms with van der Waals surface area (Å²) in [4.78, 5) is 31.4. The first kappa shape index (κ1) is 22.9. The first-order valence-corrected chi connectivity index (χ1v) is 11.3. The van der Waals surface area contributed by atoms with Crippen molar-refractivity contribution in [1.29, 1.82) is 0 Å². The van der Waals surface area contributed by atoms with Crippen molar-refractivity contribution in [2.75, 3.05) is 7.05 Å². The largest absolute Gasteiger partial charge is 0.342 e. The Bertz CT molecular complexity index is 993. The maximum atomic E-state index is 12.8. The molecule has 0 aliphatic heterocycles. The minimum atomic E-state index is -0.176. The van der Waals surface area contributed by atoms with Crippen LogP contribution in [0.4, 0.5) is 0 Å². The number of fused-ring (bicyclic) bond motifs is 1. The Labute approximate surface area is 183 Å². The molecular weight excluding hydrogens is 392 g/mol. The van der Waals surface area contributed by atoms with Crippen LogP contribution in [-0.4, -0.2) is 42.9 Å². The van der Waals surface area contributed by atoms with Crippen LogP contribution >= 0.6 is 0 Å². The molecule has 0 radical (unpaired) electrons. The number of nitrogens with one attached hydrogen (secondary N) is 1. The SMILES string of the molecule is CCc1noc(C(CC(C)C)N(C)C(=O)CCCCCc2nccc3[nH]c(C)nc23)n1. The van der Waals surface area contributed by atoms with Crippen molar-refractivity contribution in [3.8, 4) is 0 Å². The number of aryl methyl sites for hydroxylation is 3. The second-order valence-electron chi connectivity index (χ2n) is 8.59. The van der Waals surface area contributed by atoms with Crippen LogP contribution in [0.25, 0.3) is 11.0 Å². The van der Waals surface area contributed by atoms with Crippen LogP contribution in [0.2, 0.25) is 0 Å². The Hall–Kier alpha value is -2.77. The lowest BCUT2D eigenvalue weighted by Gasteiger charge is -2.26. The molecule has 0 bridgehead atoms. The summed E-state index contributed by atoms with van der Waals surface area (Å²) in [5.74, 6) is 2.65. The zero-order valence-electron chi connectivity index (χ0n) is 19.3. The minimum absolute atomic E-state index is 0.116. The number of H-pyrrole nitrogens is 1. The molecular formula is C23H34N6O2. The molecule has 0 saturated heterocycles. The van der Waals surface area contributed by atoms with E-state index in [1.807, 2.05) is 33.2 Å². The zero-order chi connectivity index (χ0) is 22.4. The van der Waals surface area contributed by atoms with Gasteiger partial charge in [0.2, 0.25) is 11.8 Å². The number of hydrogen-bond acceptors (Lipinski definition) is 6. The van der Waals surface area contributed by atoms with E-state index in [9.17, 15) is 4.79 Å². The van der Waals surface area contributed by atoms with Crippen molar-refractivity contribution in [3.63, 3.8) is 0 Å². The van der Waals surface area contributed by atoms with Crippen molar-refractivity contribution < 1.29 is 9.32 Å². The molecule has 1 atom stereocenters. The molecule has 3 aromatic heterocycles. The highest BCUT2D eigenvalue weighted by Crippen LogP contribution is 2.27. The van der Waals surface area contributed by atoms with Gasteiger partial charge in [-0.1, -0.05) is 32.3 Å². The summed E-state index contributed by atoms with van der Waals surface area (Å²) in [7, 11) is 1.84. The van der Waals surface area contributed by atoms with Gasteiger partial charge in [-0.05, 0) is 44.6 Å². The molecule has 168 valence electrons. The zero-order valence-corrected chi connectivity index (χ0v) is 19.3. The molecule has 1 N–H and O–H groups in total. The summed E-state index contributed by atoms with van der Waals surface area (Å²) in [6.07, 6.45) is 7.51. The van der Waals surface area contributed by atoms with E-state index in [4.69, 9.17) is 4.52 Å². The number of unbranched alkanes of at least 4 members (excludes halogenated alkanes) is 2. The highest BCUT2D eigenvalue weighted by molar-refractivity contribution is 5.77. The number of imidazole rings is 1. The van der Waals surface area contributed by atoms with Crippen LogP contribution < -0.4 is 0 Å². The summed E-state index contributed by atoms with van der Waals surface area (Å²) in [6, 6.07) is 1.78. The van der Waals surface area contributed by atoms with Crippen LogP contribution in [-0.2, 0) is 17.6 Å². The molecule has 31 heavy (non-hydrogen) atoms. The van der Waals surface area contributed by atoms with Gasteiger partial charge in [0.25, 0.3) is 0 Å². The number of hydrogen-bond donors (Lipinski definition) is 1. The average molecular weight is 427 g/mol. The smallest absolute Gasteiger partial charge is 0.249 e. The molecule has 0 aliphatic rings. The lowest BCUT2D eigenvalue weighted by atomic mass is 10.0. The third-order valence-corrected chi connectivity index (χ3v) is 5.54. The summed E-state index contributed by atoms with van der Waals surface area (Å²) in [6.45, 7) is 8.22. The molecule has 3 rings (SSSR count). The van der Waals surface area contributed by atoms with Gasteiger partial charge in [-0.2, -0.15) is 4.98 Å². The summed E-state index contributed by atoms with van der Waals surface area (Å²) in [5.41, 5.74) is 3.01. The Morgan fingerprint density at radius 1 is 1.23 bits per heavy atom. The van der Waals surface area contributed by atoms with Crippen LogP contribution in [0.1, 0.15) is 82.2 Å². The van der Waals surface area contributed by atoms with E-state index in [0.717, 1.165) is 61.1 Å². The second kappa shape index (κ2) is 10.5. The normalized spacial score (nSPS) is 12.6. The summed E-state index contributed by atoms with van der Waals surface area (Å²) < 4.78 is 5.45. The number of carbonyl (C=O) groups is 1.